The zero-order valence-corrected chi connectivity index (χ0v) is 15.0. The average Bonchev–Trinajstić information content (AvgIpc) is 2.60. The van der Waals surface area contributed by atoms with Crippen molar-refractivity contribution in [3.05, 3.63) is 66.7 Å². The smallest absolute Gasteiger partial charge is 0.0508 e. The maximum atomic E-state index is 3.42. The summed E-state index contributed by atoms with van der Waals surface area (Å²) in [6.45, 7) is 14.7. The zero-order chi connectivity index (χ0) is 16.7. The lowest BCUT2D eigenvalue weighted by Crippen LogP contribution is -2.43. The quantitative estimate of drug-likeness (QED) is 0.825. The Morgan fingerprint density at radius 3 is 2.35 bits per heavy atom. The standard InChI is InChI=1S/C18H22N2S.C2H4/c1-14-7-8-17(15(2)13-14)21-18-6-4-3-5-16(18)20-11-9-19-10-12-20;1-2/h3-8,13,19H,9-12H2,1-2H3;1-2H2. The number of anilines is 1. The van der Waals surface area contributed by atoms with Crippen molar-refractivity contribution in [2.24, 2.45) is 0 Å². The predicted molar refractivity (Wildman–Crippen MR) is 103 cm³/mol. The van der Waals surface area contributed by atoms with Crippen molar-refractivity contribution in [3.63, 3.8) is 0 Å². The molecule has 1 heterocycles. The minimum Gasteiger partial charge on any atom is -0.368 e. The largest absolute Gasteiger partial charge is 0.368 e. The molecule has 1 aliphatic rings. The van der Waals surface area contributed by atoms with Gasteiger partial charge in [0.2, 0.25) is 0 Å². The van der Waals surface area contributed by atoms with Gasteiger partial charge in [-0.2, -0.15) is 0 Å². The van der Waals surface area contributed by atoms with Gasteiger partial charge in [0.1, 0.15) is 0 Å². The van der Waals surface area contributed by atoms with Crippen LogP contribution >= 0.6 is 11.8 Å². The van der Waals surface area contributed by atoms with E-state index in [4.69, 9.17) is 0 Å². The maximum Gasteiger partial charge on any atom is 0.0508 e. The first kappa shape index (κ1) is 17.6. The van der Waals surface area contributed by atoms with Crippen LogP contribution in [0.4, 0.5) is 5.69 Å². The number of para-hydroxylation sites is 1. The number of rotatable bonds is 3. The summed E-state index contributed by atoms with van der Waals surface area (Å²) in [6, 6.07) is 15.5. The molecule has 23 heavy (non-hydrogen) atoms. The summed E-state index contributed by atoms with van der Waals surface area (Å²) < 4.78 is 0. The third kappa shape index (κ3) is 4.63. The second-order valence-corrected chi connectivity index (χ2v) is 6.66. The van der Waals surface area contributed by atoms with Gasteiger partial charge in [-0.25, -0.2) is 0 Å². The number of piperazine rings is 1. The van der Waals surface area contributed by atoms with E-state index in [1.165, 1.54) is 26.6 Å². The lowest BCUT2D eigenvalue weighted by atomic mass is 10.2. The van der Waals surface area contributed by atoms with Crippen LogP contribution in [0.15, 0.2) is 65.4 Å². The highest BCUT2D eigenvalue weighted by Crippen LogP contribution is 2.37. The van der Waals surface area contributed by atoms with Gasteiger partial charge >= 0.3 is 0 Å². The Labute approximate surface area is 144 Å². The van der Waals surface area contributed by atoms with Crippen molar-refractivity contribution >= 4 is 17.4 Å². The molecule has 0 aliphatic carbocycles. The number of hydrogen-bond donors (Lipinski definition) is 1. The molecule has 2 nitrogen and oxygen atoms in total. The van der Waals surface area contributed by atoms with Gasteiger partial charge in [0, 0.05) is 36.0 Å². The molecule has 0 amide bonds. The fourth-order valence-electron chi connectivity index (χ4n) is 2.74. The molecule has 1 fully saturated rings. The maximum absolute atomic E-state index is 3.42. The molecule has 3 heteroatoms. The monoisotopic (exact) mass is 326 g/mol. The molecule has 2 aromatic carbocycles. The average molecular weight is 327 g/mol. The minimum absolute atomic E-state index is 1.07. The van der Waals surface area contributed by atoms with Gasteiger partial charge in [-0.15, -0.1) is 13.2 Å². The van der Waals surface area contributed by atoms with E-state index >= 15 is 0 Å². The highest BCUT2D eigenvalue weighted by molar-refractivity contribution is 7.99. The number of aryl methyl sites for hydroxylation is 2. The first-order valence-corrected chi connectivity index (χ1v) is 8.85. The van der Waals surface area contributed by atoms with Crippen molar-refractivity contribution in [2.75, 3.05) is 31.1 Å². The van der Waals surface area contributed by atoms with Crippen LogP contribution in [-0.4, -0.2) is 26.2 Å². The number of benzene rings is 2. The lowest BCUT2D eigenvalue weighted by Gasteiger charge is -2.31. The summed E-state index contributed by atoms with van der Waals surface area (Å²) >= 11 is 1.88. The van der Waals surface area contributed by atoms with Crippen LogP contribution in [0.3, 0.4) is 0 Å². The van der Waals surface area contributed by atoms with E-state index < -0.39 is 0 Å². The molecule has 2 aromatic rings. The van der Waals surface area contributed by atoms with Crippen molar-refractivity contribution in [3.8, 4) is 0 Å². The Balaban J connectivity index is 0.000000924. The van der Waals surface area contributed by atoms with Crippen LogP contribution in [0.2, 0.25) is 0 Å². The highest BCUT2D eigenvalue weighted by atomic mass is 32.2. The molecule has 0 radical (unpaired) electrons. The lowest BCUT2D eigenvalue weighted by molar-refractivity contribution is 0.587. The summed E-state index contributed by atoms with van der Waals surface area (Å²) in [6.07, 6.45) is 0. The molecule has 0 unspecified atom stereocenters. The predicted octanol–water partition coefficient (Wildman–Crippen LogP) is 4.67. The van der Waals surface area contributed by atoms with E-state index in [0.29, 0.717) is 0 Å². The first-order chi connectivity index (χ1) is 11.2. The third-order valence-electron chi connectivity index (χ3n) is 3.87. The summed E-state index contributed by atoms with van der Waals surface area (Å²) in [5, 5.41) is 3.42. The van der Waals surface area contributed by atoms with Crippen LogP contribution in [0.25, 0.3) is 0 Å². The topological polar surface area (TPSA) is 15.3 Å². The fourth-order valence-corrected chi connectivity index (χ4v) is 3.78. The van der Waals surface area contributed by atoms with Gasteiger partial charge in [-0.05, 0) is 37.6 Å². The van der Waals surface area contributed by atoms with E-state index in [0.717, 1.165) is 26.2 Å². The second kappa shape index (κ2) is 8.80. The molecule has 122 valence electrons. The van der Waals surface area contributed by atoms with Crippen LogP contribution in [0.5, 0.6) is 0 Å². The van der Waals surface area contributed by atoms with E-state index in [1.807, 2.05) is 11.8 Å². The Morgan fingerprint density at radius 2 is 1.65 bits per heavy atom. The van der Waals surface area contributed by atoms with Gasteiger partial charge in [0.25, 0.3) is 0 Å². The summed E-state index contributed by atoms with van der Waals surface area (Å²) in [5.41, 5.74) is 4.05. The Morgan fingerprint density at radius 1 is 0.957 bits per heavy atom. The molecule has 3 rings (SSSR count). The van der Waals surface area contributed by atoms with E-state index in [2.05, 4.69) is 79.7 Å². The van der Waals surface area contributed by atoms with Crippen molar-refractivity contribution in [1.82, 2.24) is 5.32 Å². The van der Waals surface area contributed by atoms with Crippen molar-refractivity contribution in [2.45, 2.75) is 23.6 Å². The van der Waals surface area contributed by atoms with Crippen LogP contribution in [0.1, 0.15) is 11.1 Å². The Hall–Kier alpha value is -1.71. The number of hydrogen-bond acceptors (Lipinski definition) is 3. The molecule has 1 N–H and O–H groups in total. The molecule has 0 aromatic heterocycles. The molecular weight excluding hydrogens is 300 g/mol. The molecule has 1 saturated heterocycles. The Bertz CT molecular complexity index is 633. The third-order valence-corrected chi connectivity index (χ3v) is 5.12. The molecular formula is C20H26N2S. The molecule has 1 aliphatic heterocycles. The normalized spacial score (nSPS) is 14.1. The zero-order valence-electron chi connectivity index (χ0n) is 14.1. The van der Waals surface area contributed by atoms with Gasteiger partial charge in [0.15, 0.2) is 0 Å². The summed E-state index contributed by atoms with van der Waals surface area (Å²) in [5.74, 6) is 0. The fraction of sp³-hybridized carbons (Fsp3) is 0.300. The molecule has 0 saturated carbocycles. The van der Waals surface area contributed by atoms with Gasteiger partial charge < -0.3 is 10.2 Å². The van der Waals surface area contributed by atoms with E-state index in [9.17, 15) is 0 Å². The van der Waals surface area contributed by atoms with Gasteiger partial charge in [-0.1, -0.05) is 41.6 Å². The molecule has 0 bridgehead atoms. The number of nitrogens with one attached hydrogen (secondary N) is 1. The van der Waals surface area contributed by atoms with Gasteiger partial charge in [0.05, 0.1) is 5.69 Å². The number of nitrogens with zero attached hydrogens (tertiary/aromatic N) is 1. The van der Waals surface area contributed by atoms with E-state index in [1.54, 1.807) is 0 Å². The van der Waals surface area contributed by atoms with Gasteiger partial charge in [-0.3, -0.25) is 0 Å². The summed E-state index contributed by atoms with van der Waals surface area (Å²) in [4.78, 5) is 5.19. The Kier molecular flexibility index (Phi) is 6.75. The van der Waals surface area contributed by atoms with E-state index in [-0.39, 0.29) is 0 Å². The second-order valence-electron chi connectivity index (χ2n) is 5.58. The minimum atomic E-state index is 1.07. The van der Waals surface area contributed by atoms with Crippen LogP contribution in [0, 0.1) is 13.8 Å². The molecule has 0 spiro atoms. The van der Waals surface area contributed by atoms with Crippen LogP contribution in [-0.2, 0) is 0 Å². The van der Waals surface area contributed by atoms with Crippen LogP contribution < -0.4 is 10.2 Å². The summed E-state index contributed by atoms with van der Waals surface area (Å²) in [7, 11) is 0. The van der Waals surface area contributed by atoms with Crippen molar-refractivity contribution in [1.29, 1.82) is 0 Å². The SMILES string of the molecule is C=C.Cc1ccc(Sc2ccccc2N2CCNCC2)c(C)c1. The highest BCUT2D eigenvalue weighted by Gasteiger charge is 2.14. The molecule has 0 atom stereocenters. The van der Waals surface area contributed by atoms with Crippen molar-refractivity contribution < 1.29 is 0 Å². The first-order valence-electron chi connectivity index (χ1n) is 8.04.